The number of para-hydroxylation sites is 1. The maximum Gasteiger partial charge on any atom is 0.230 e. The fourth-order valence-corrected chi connectivity index (χ4v) is 3.71. The van der Waals surface area contributed by atoms with E-state index in [0.29, 0.717) is 5.75 Å². The fourth-order valence-electron chi connectivity index (χ4n) is 2.48. The lowest BCUT2D eigenvalue weighted by Crippen LogP contribution is -2.28. The standard InChI is InChI=1S/C19H22ClNO2S/c1-13(15-8-5-7-11-18(15)23-3)21-19(22)12-24-14(2)16-9-4-6-10-17(16)20/h4-11,13-14H,12H2,1-3H3,(H,21,22). The molecule has 3 nitrogen and oxygen atoms in total. The molecule has 1 N–H and O–H groups in total. The average molecular weight is 364 g/mol. The molecular formula is C19H22ClNO2S. The Morgan fingerprint density at radius 3 is 2.42 bits per heavy atom. The highest BCUT2D eigenvalue weighted by Gasteiger charge is 2.16. The van der Waals surface area contributed by atoms with E-state index in [1.165, 1.54) is 0 Å². The molecule has 0 saturated carbocycles. The van der Waals surface area contributed by atoms with Crippen LogP contribution in [0.4, 0.5) is 0 Å². The number of halogens is 1. The highest BCUT2D eigenvalue weighted by Crippen LogP contribution is 2.33. The fraction of sp³-hybridized carbons (Fsp3) is 0.316. The van der Waals surface area contributed by atoms with Gasteiger partial charge in [0, 0.05) is 15.8 Å². The molecule has 128 valence electrons. The smallest absolute Gasteiger partial charge is 0.230 e. The van der Waals surface area contributed by atoms with E-state index in [1.807, 2.05) is 55.5 Å². The minimum absolute atomic E-state index is 0.00249. The molecule has 0 heterocycles. The van der Waals surface area contributed by atoms with Crippen molar-refractivity contribution in [3.63, 3.8) is 0 Å². The van der Waals surface area contributed by atoms with Crippen LogP contribution in [0.15, 0.2) is 48.5 Å². The molecule has 24 heavy (non-hydrogen) atoms. The summed E-state index contributed by atoms with van der Waals surface area (Å²) in [6, 6.07) is 15.3. The summed E-state index contributed by atoms with van der Waals surface area (Å²) in [5.74, 6) is 1.16. The molecule has 2 atom stereocenters. The molecule has 0 aliphatic carbocycles. The zero-order valence-electron chi connectivity index (χ0n) is 14.1. The van der Waals surface area contributed by atoms with Crippen molar-refractivity contribution in [1.82, 2.24) is 5.32 Å². The van der Waals surface area contributed by atoms with Gasteiger partial charge >= 0.3 is 0 Å². The summed E-state index contributed by atoms with van der Waals surface area (Å²) in [5, 5.41) is 3.91. The molecule has 5 heteroatoms. The summed E-state index contributed by atoms with van der Waals surface area (Å²) in [5.41, 5.74) is 2.02. The van der Waals surface area contributed by atoms with Gasteiger partial charge in [0.05, 0.1) is 18.9 Å². The molecule has 0 saturated heterocycles. The maximum absolute atomic E-state index is 12.2. The second kappa shape index (κ2) is 9.00. The molecule has 2 aromatic rings. The number of benzene rings is 2. The van der Waals surface area contributed by atoms with Crippen LogP contribution in [0, 0.1) is 0 Å². The Labute approximate surface area is 152 Å². The minimum Gasteiger partial charge on any atom is -0.496 e. The highest BCUT2D eigenvalue weighted by atomic mass is 35.5. The van der Waals surface area contributed by atoms with Gasteiger partial charge in [0.2, 0.25) is 5.91 Å². The molecule has 2 rings (SSSR count). The number of ether oxygens (including phenoxy) is 1. The van der Waals surface area contributed by atoms with Gasteiger partial charge in [0.1, 0.15) is 5.75 Å². The van der Waals surface area contributed by atoms with Crippen LogP contribution in [0.25, 0.3) is 0 Å². The monoisotopic (exact) mass is 363 g/mol. The van der Waals surface area contributed by atoms with E-state index in [-0.39, 0.29) is 17.2 Å². The van der Waals surface area contributed by atoms with Crippen LogP contribution in [-0.2, 0) is 4.79 Å². The van der Waals surface area contributed by atoms with Crippen LogP contribution < -0.4 is 10.1 Å². The van der Waals surface area contributed by atoms with Crippen molar-refractivity contribution in [2.75, 3.05) is 12.9 Å². The molecule has 0 fully saturated rings. The maximum atomic E-state index is 12.2. The number of thioether (sulfide) groups is 1. The molecule has 0 aliphatic rings. The molecule has 0 radical (unpaired) electrons. The third-order valence-corrected chi connectivity index (χ3v) is 5.32. The number of nitrogens with one attached hydrogen (secondary N) is 1. The Morgan fingerprint density at radius 1 is 1.12 bits per heavy atom. The van der Waals surface area contributed by atoms with E-state index in [4.69, 9.17) is 16.3 Å². The van der Waals surface area contributed by atoms with Gasteiger partial charge in [-0.1, -0.05) is 48.0 Å². The number of carbonyl (C=O) groups excluding carboxylic acids is 1. The third-order valence-electron chi connectivity index (χ3n) is 3.79. The first kappa shape index (κ1) is 18.7. The van der Waals surface area contributed by atoms with Gasteiger partial charge in [-0.25, -0.2) is 0 Å². The summed E-state index contributed by atoms with van der Waals surface area (Å²) < 4.78 is 5.35. The van der Waals surface area contributed by atoms with Crippen molar-refractivity contribution in [3.8, 4) is 5.75 Å². The second-order valence-electron chi connectivity index (χ2n) is 5.51. The van der Waals surface area contributed by atoms with Crippen molar-refractivity contribution in [2.24, 2.45) is 0 Å². The molecule has 2 unspecified atom stereocenters. The molecular weight excluding hydrogens is 342 g/mol. The third kappa shape index (κ3) is 4.92. The molecule has 0 spiro atoms. The Hall–Kier alpha value is -1.65. The minimum atomic E-state index is -0.107. The Kier molecular flexibility index (Phi) is 7.00. The van der Waals surface area contributed by atoms with E-state index in [9.17, 15) is 4.79 Å². The van der Waals surface area contributed by atoms with Crippen LogP contribution in [0.2, 0.25) is 5.02 Å². The van der Waals surface area contributed by atoms with Crippen LogP contribution >= 0.6 is 23.4 Å². The van der Waals surface area contributed by atoms with Crippen LogP contribution in [-0.4, -0.2) is 18.8 Å². The lowest BCUT2D eigenvalue weighted by molar-refractivity contribution is -0.119. The number of rotatable bonds is 7. The molecule has 0 aromatic heterocycles. The molecule has 0 bridgehead atoms. The predicted molar refractivity (Wildman–Crippen MR) is 102 cm³/mol. The number of carbonyl (C=O) groups is 1. The first-order valence-electron chi connectivity index (χ1n) is 7.81. The van der Waals surface area contributed by atoms with Gasteiger partial charge < -0.3 is 10.1 Å². The van der Waals surface area contributed by atoms with E-state index < -0.39 is 0 Å². The van der Waals surface area contributed by atoms with Gasteiger partial charge in [0.25, 0.3) is 0 Å². The SMILES string of the molecule is COc1ccccc1C(C)NC(=O)CSC(C)c1ccccc1Cl. The highest BCUT2D eigenvalue weighted by molar-refractivity contribution is 8.00. The van der Waals surface area contributed by atoms with Crippen LogP contribution in [0.5, 0.6) is 5.75 Å². The van der Waals surface area contributed by atoms with E-state index in [0.717, 1.165) is 21.9 Å². The Balaban J connectivity index is 1.90. The van der Waals surface area contributed by atoms with Crippen LogP contribution in [0.3, 0.4) is 0 Å². The van der Waals surface area contributed by atoms with Crippen LogP contribution in [0.1, 0.15) is 36.3 Å². The topological polar surface area (TPSA) is 38.3 Å². The number of methoxy groups -OCH3 is 1. The first-order chi connectivity index (χ1) is 11.5. The largest absolute Gasteiger partial charge is 0.496 e. The average Bonchev–Trinajstić information content (AvgIpc) is 2.60. The molecule has 0 aliphatic heterocycles. The number of hydrogen-bond donors (Lipinski definition) is 1. The molecule has 1 amide bonds. The van der Waals surface area contributed by atoms with E-state index in [2.05, 4.69) is 12.2 Å². The summed E-state index contributed by atoms with van der Waals surface area (Å²) in [7, 11) is 1.63. The van der Waals surface area contributed by atoms with Gasteiger partial charge in [-0.15, -0.1) is 11.8 Å². The molecule has 2 aromatic carbocycles. The second-order valence-corrected chi connectivity index (χ2v) is 7.24. The first-order valence-corrected chi connectivity index (χ1v) is 9.24. The number of amides is 1. The Bertz CT molecular complexity index is 693. The summed E-state index contributed by atoms with van der Waals surface area (Å²) >= 11 is 7.78. The van der Waals surface area contributed by atoms with Crippen molar-refractivity contribution < 1.29 is 9.53 Å². The number of hydrogen-bond acceptors (Lipinski definition) is 3. The van der Waals surface area contributed by atoms with Crippen molar-refractivity contribution in [3.05, 3.63) is 64.7 Å². The summed E-state index contributed by atoms with van der Waals surface area (Å²) in [6.45, 7) is 4.01. The quantitative estimate of drug-likeness (QED) is 0.750. The van der Waals surface area contributed by atoms with Crippen molar-refractivity contribution >= 4 is 29.3 Å². The predicted octanol–water partition coefficient (Wildman–Crippen LogP) is 5.02. The van der Waals surface area contributed by atoms with Gasteiger partial charge in [-0.2, -0.15) is 0 Å². The lowest BCUT2D eigenvalue weighted by Gasteiger charge is -2.18. The lowest BCUT2D eigenvalue weighted by atomic mass is 10.1. The Morgan fingerprint density at radius 2 is 1.75 bits per heavy atom. The van der Waals surface area contributed by atoms with E-state index in [1.54, 1.807) is 18.9 Å². The summed E-state index contributed by atoms with van der Waals surface area (Å²) in [4.78, 5) is 12.2. The van der Waals surface area contributed by atoms with E-state index >= 15 is 0 Å². The van der Waals surface area contributed by atoms with Crippen molar-refractivity contribution in [1.29, 1.82) is 0 Å². The summed E-state index contributed by atoms with van der Waals surface area (Å²) in [6.07, 6.45) is 0. The van der Waals surface area contributed by atoms with Gasteiger partial charge in [-0.05, 0) is 31.5 Å². The van der Waals surface area contributed by atoms with Gasteiger partial charge in [0.15, 0.2) is 0 Å². The zero-order valence-corrected chi connectivity index (χ0v) is 15.7. The van der Waals surface area contributed by atoms with Gasteiger partial charge in [-0.3, -0.25) is 4.79 Å². The van der Waals surface area contributed by atoms with Crippen molar-refractivity contribution in [2.45, 2.75) is 25.1 Å². The zero-order chi connectivity index (χ0) is 17.5. The normalized spacial score (nSPS) is 13.2.